The molecule has 2 rings (SSSR count). The van der Waals surface area contributed by atoms with Gasteiger partial charge in [0, 0.05) is 18.2 Å². The van der Waals surface area contributed by atoms with Crippen molar-refractivity contribution < 1.29 is 8.78 Å². The lowest BCUT2D eigenvalue weighted by atomic mass is 10.0. The van der Waals surface area contributed by atoms with Crippen molar-refractivity contribution in [1.82, 2.24) is 4.90 Å². The summed E-state index contributed by atoms with van der Waals surface area (Å²) in [6.07, 6.45) is -0.332. The van der Waals surface area contributed by atoms with Crippen LogP contribution in [0.3, 0.4) is 0 Å². The zero-order chi connectivity index (χ0) is 12.3. The Balaban J connectivity index is 1.90. The second kappa shape index (κ2) is 5.56. The largest absolute Gasteiger partial charge is 0.328 e. The van der Waals surface area contributed by atoms with E-state index in [-0.39, 0.29) is 5.56 Å². The number of halogens is 2. The van der Waals surface area contributed by atoms with Crippen LogP contribution in [0, 0.1) is 0 Å². The lowest BCUT2D eigenvalue weighted by Gasteiger charge is -2.30. The van der Waals surface area contributed by atoms with Crippen LogP contribution in [0.1, 0.15) is 30.4 Å². The molecule has 4 heteroatoms. The number of piperidine rings is 1. The second-order valence-corrected chi connectivity index (χ2v) is 4.66. The van der Waals surface area contributed by atoms with Gasteiger partial charge in [-0.3, -0.25) is 4.90 Å². The number of alkyl halides is 2. The third-order valence-electron chi connectivity index (χ3n) is 3.27. The predicted octanol–water partition coefficient (Wildman–Crippen LogP) is 2.55. The van der Waals surface area contributed by atoms with Crippen molar-refractivity contribution in [3.05, 3.63) is 35.4 Å². The molecule has 2 N–H and O–H groups in total. The Kier molecular flexibility index (Phi) is 4.07. The first-order valence-corrected chi connectivity index (χ1v) is 6.00. The number of hydrogen-bond acceptors (Lipinski definition) is 2. The van der Waals surface area contributed by atoms with Crippen molar-refractivity contribution >= 4 is 0 Å². The number of rotatable bonds is 3. The summed E-state index contributed by atoms with van der Waals surface area (Å²) < 4.78 is 24.8. The normalized spacial score (nSPS) is 18.8. The van der Waals surface area contributed by atoms with Crippen LogP contribution in [0.2, 0.25) is 0 Å². The van der Waals surface area contributed by atoms with E-state index in [9.17, 15) is 8.78 Å². The molecule has 1 fully saturated rings. The Hall–Kier alpha value is -1.00. The molecule has 2 nitrogen and oxygen atoms in total. The summed E-state index contributed by atoms with van der Waals surface area (Å²) in [6.45, 7) is 2.83. The third kappa shape index (κ3) is 3.48. The molecule has 0 aromatic heterocycles. The molecule has 1 heterocycles. The van der Waals surface area contributed by atoms with Crippen molar-refractivity contribution in [1.29, 1.82) is 0 Å². The molecule has 0 aliphatic carbocycles. The van der Waals surface area contributed by atoms with Crippen molar-refractivity contribution in [2.24, 2.45) is 5.73 Å². The van der Waals surface area contributed by atoms with E-state index in [0.717, 1.165) is 38.0 Å². The Morgan fingerprint density at radius 2 is 1.76 bits per heavy atom. The predicted molar refractivity (Wildman–Crippen MR) is 63.9 cm³/mol. The zero-order valence-electron chi connectivity index (χ0n) is 9.78. The maximum atomic E-state index is 12.4. The summed E-state index contributed by atoms with van der Waals surface area (Å²) in [5.41, 5.74) is 7.01. The summed E-state index contributed by atoms with van der Waals surface area (Å²) in [6, 6.07) is 6.92. The molecule has 94 valence electrons. The molecule has 17 heavy (non-hydrogen) atoms. The molecular weight excluding hydrogens is 222 g/mol. The van der Waals surface area contributed by atoms with Crippen LogP contribution in [0.5, 0.6) is 0 Å². The maximum absolute atomic E-state index is 12.4. The highest BCUT2D eigenvalue weighted by Gasteiger charge is 2.16. The molecule has 0 amide bonds. The minimum absolute atomic E-state index is 0.0921. The second-order valence-electron chi connectivity index (χ2n) is 4.66. The summed E-state index contributed by atoms with van der Waals surface area (Å²) in [7, 11) is 0. The number of likely N-dealkylation sites (tertiary alicyclic amines) is 1. The fourth-order valence-corrected chi connectivity index (χ4v) is 2.14. The Bertz CT molecular complexity index is 343. The van der Waals surface area contributed by atoms with Gasteiger partial charge in [0.1, 0.15) is 0 Å². The van der Waals surface area contributed by atoms with Crippen LogP contribution in [-0.2, 0) is 6.54 Å². The van der Waals surface area contributed by atoms with Gasteiger partial charge in [-0.1, -0.05) is 24.3 Å². The fraction of sp³-hybridized carbons (Fsp3) is 0.538. The van der Waals surface area contributed by atoms with Gasteiger partial charge in [-0.15, -0.1) is 0 Å². The Morgan fingerprint density at radius 3 is 2.29 bits per heavy atom. The van der Waals surface area contributed by atoms with Gasteiger partial charge in [0.15, 0.2) is 0 Å². The molecule has 1 aliphatic rings. The molecule has 1 aromatic carbocycles. The summed E-state index contributed by atoms with van der Waals surface area (Å²) in [5, 5.41) is 0. The first-order valence-electron chi connectivity index (χ1n) is 6.00. The first-order chi connectivity index (χ1) is 8.15. The molecule has 1 saturated heterocycles. The van der Waals surface area contributed by atoms with E-state index in [1.807, 2.05) is 0 Å². The summed E-state index contributed by atoms with van der Waals surface area (Å²) in [5.74, 6) is 0. The standard InChI is InChI=1S/C13H18F2N2/c14-13(15)11-3-1-10(2-4-11)9-17-7-5-12(16)6-8-17/h1-4,12-13H,5-9,16H2. The van der Waals surface area contributed by atoms with Crippen molar-refractivity contribution in [3.8, 4) is 0 Å². The smallest absolute Gasteiger partial charge is 0.263 e. The average molecular weight is 240 g/mol. The van der Waals surface area contributed by atoms with E-state index < -0.39 is 6.43 Å². The van der Waals surface area contributed by atoms with Gasteiger partial charge < -0.3 is 5.73 Å². The number of benzene rings is 1. The van der Waals surface area contributed by atoms with Gasteiger partial charge in [-0.05, 0) is 31.5 Å². The van der Waals surface area contributed by atoms with Crippen LogP contribution < -0.4 is 5.73 Å². The molecule has 0 radical (unpaired) electrons. The van der Waals surface area contributed by atoms with Gasteiger partial charge in [0.2, 0.25) is 0 Å². The van der Waals surface area contributed by atoms with E-state index >= 15 is 0 Å². The Morgan fingerprint density at radius 1 is 1.18 bits per heavy atom. The monoisotopic (exact) mass is 240 g/mol. The van der Waals surface area contributed by atoms with E-state index in [0.29, 0.717) is 6.04 Å². The number of nitrogens with zero attached hydrogens (tertiary/aromatic N) is 1. The highest BCUT2D eigenvalue weighted by molar-refractivity contribution is 5.23. The first kappa shape index (κ1) is 12.5. The highest BCUT2D eigenvalue weighted by atomic mass is 19.3. The molecule has 0 spiro atoms. The molecule has 0 saturated carbocycles. The molecule has 1 aliphatic heterocycles. The van der Waals surface area contributed by atoms with Crippen LogP contribution in [0.4, 0.5) is 8.78 Å². The molecule has 0 atom stereocenters. The molecular formula is C13H18F2N2. The Labute approximate surface area is 100 Å². The topological polar surface area (TPSA) is 29.3 Å². The average Bonchev–Trinajstić information content (AvgIpc) is 2.33. The number of hydrogen-bond donors (Lipinski definition) is 1. The van der Waals surface area contributed by atoms with Crippen molar-refractivity contribution in [2.45, 2.75) is 31.9 Å². The molecule has 1 aromatic rings. The van der Waals surface area contributed by atoms with E-state index in [1.165, 1.54) is 12.1 Å². The van der Waals surface area contributed by atoms with Crippen LogP contribution >= 0.6 is 0 Å². The van der Waals surface area contributed by atoms with Gasteiger partial charge in [-0.25, -0.2) is 8.78 Å². The maximum Gasteiger partial charge on any atom is 0.263 e. The van der Waals surface area contributed by atoms with Crippen LogP contribution in [0.15, 0.2) is 24.3 Å². The summed E-state index contributed by atoms with van der Waals surface area (Å²) >= 11 is 0. The van der Waals surface area contributed by atoms with Crippen LogP contribution in [0.25, 0.3) is 0 Å². The lowest BCUT2D eigenvalue weighted by molar-refractivity contribution is 0.151. The van der Waals surface area contributed by atoms with Gasteiger partial charge >= 0.3 is 0 Å². The quantitative estimate of drug-likeness (QED) is 0.879. The number of nitrogens with two attached hydrogens (primary N) is 1. The van der Waals surface area contributed by atoms with Crippen molar-refractivity contribution in [2.75, 3.05) is 13.1 Å². The van der Waals surface area contributed by atoms with Crippen molar-refractivity contribution in [3.63, 3.8) is 0 Å². The third-order valence-corrected chi connectivity index (χ3v) is 3.27. The SMILES string of the molecule is NC1CCN(Cc2ccc(C(F)F)cc2)CC1. The highest BCUT2D eigenvalue weighted by Crippen LogP contribution is 2.20. The zero-order valence-corrected chi connectivity index (χ0v) is 9.78. The van der Waals surface area contributed by atoms with E-state index in [4.69, 9.17) is 5.73 Å². The van der Waals surface area contributed by atoms with Crippen LogP contribution in [-0.4, -0.2) is 24.0 Å². The van der Waals surface area contributed by atoms with E-state index in [2.05, 4.69) is 4.90 Å². The van der Waals surface area contributed by atoms with Gasteiger partial charge in [-0.2, -0.15) is 0 Å². The van der Waals surface area contributed by atoms with Gasteiger partial charge in [0.05, 0.1) is 0 Å². The fourth-order valence-electron chi connectivity index (χ4n) is 2.14. The van der Waals surface area contributed by atoms with E-state index in [1.54, 1.807) is 12.1 Å². The molecule has 0 unspecified atom stereocenters. The summed E-state index contributed by atoms with van der Waals surface area (Å²) in [4.78, 5) is 2.32. The van der Waals surface area contributed by atoms with Gasteiger partial charge in [0.25, 0.3) is 6.43 Å². The molecule has 0 bridgehead atoms. The minimum Gasteiger partial charge on any atom is -0.328 e. The lowest BCUT2D eigenvalue weighted by Crippen LogP contribution is -2.39. The minimum atomic E-state index is -2.38.